The number of carbonyl (C=O) groups excluding carboxylic acids is 1. The number of carbonyl (C=O) groups is 1. The van der Waals surface area contributed by atoms with Gasteiger partial charge in [0.25, 0.3) is 0 Å². The lowest BCUT2D eigenvalue weighted by molar-refractivity contribution is -0.150. The van der Waals surface area contributed by atoms with Gasteiger partial charge < -0.3 is 14.6 Å². The number of rotatable bonds is 1. The van der Waals surface area contributed by atoms with E-state index in [1.807, 2.05) is 6.92 Å². The van der Waals surface area contributed by atoms with Gasteiger partial charge in [-0.25, -0.2) is 4.79 Å². The van der Waals surface area contributed by atoms with Gasteiger partial charge in [0.15, 0.2) is 0 Å². The minimum atomic E-state index is -0.705. The lowest BCUT2D eigenvalue weighted by Crippen LogP contribution is -2.34. The number of ether oxygens (including phenoxy) is 2. The van der Waals surface area contributed by atoms with Gasteiger partial charge >= 0.3 is 5.97 Å². The highest BCUT2D eigenvalue weighted by Gasteiger charge is 2.44. The second-order valence-electron chi connectivity index (χ2n) is 3.48. The molecule has 0 aromatic rings. The molecule has 0 saturated carbocycles. The zero-order valence-corrected chi connectivity index (χ0v) is 7.56. The first-order valence-corrected chi connectivity index (χ1v) is 4.36. The van der Waals surface area contributed by atoms with Crippen molar-refractivity contribution in [2.45, 2.75) is 38.3 Å². The summed E-state index contributed by atoms with van der Waals surface area (Å²) >= 11 is 0. The zero-order chi connectivity index (χ0) is 9.59. The van der Waals surface area contributed by atoms with Crippen LogP contribution in [0.25, 0.3) is 0 Å². The van der Waals surface area contributed by atoms with Crippen molar-refractivity contribution in [2.75, 3.05) is 0 Å². The number of aliphatic hydroxyl groups excluding tert-OH is 1. The largest absolute Gasteiger partial charge is 0.456 e. The van der Waals surface area contributed by atoms with Gasteiger partial charge in [0, 0.05) is 0 Å². The number of esters is 1. The van der Waals surface area contributed by atoms with E-state index in [-0.39, 0.29) is 18.2 Å². The number of hydrogen-bond acceptors (Lipinski definition) is 4. The van der Waals surface area contributed by atoms with Crippen LogP contribution in [0.3, 0.4) is 0 Å². The maximum Gasteiger partial charge on any atom is 0.336 e. The standard InChI is InChI=1S/C9H12O4/c1-4-7(10)3-6(9(11)13-4)8-5(2)12-8/h3-5,7-8,10H,1-2H3/t4-,5-,7+,8+/m0/s1. The SMILES string of the molecule is C[C@@H]1OC(=O)C([C@@H]2O[C@H]2C)=C[C@H]1O. The van der Waals surface area contributed by atoms with Crippen LogP contribution in [0.5, 0.6) is 0 Å². The van der Waals surface area contributed by atoms with Crippen LogP contribution in [0, 0.1) is 0 Å². The lowest BCUT2D eigenvalue weighted by atomic mass is 10.0. The van der Waals surface area contributed by atoms with Crippen LogP contribution >= 0.6 is 0 Å². The molecule has 0 spiro atoms. The van der Waals surface area contributed by atoms with Gasteiger partial charge in [0.2, 0.25) is 0 Å². The molecule has 0 amide bonds. The molecule has 4 atom stereocenters. The third kappa shape index (κ3) is 1.47. The van der Waals surface area contributed by atoms with E-state index in [4.69, 9.17) is 9.47 Å². The van der Waals surface area contributed by atoms with Crippen LogP contribution in [0.2, 0.25) is 0 Å². The van der Waals surface area contributed by atoms with E-state index in [0.717, 1.165) is 0 Å². The van der Waals surface area contributed by atoms with E-state index in [2.05, 4.69) is 0 Å². The van der Waals surface area contributed by atoms with Gasteiger partial charge in [0.05, 0.1) is 11.7 Å². The topological polar surface area (TPSA) is 59.1 Å². The van der Waals surface area contributed by atoms with Crippen molar-refractivity contribution >= 4 is 5.97 Å². The maximum atomic E-state index is 11.3. The van der Waals surface area contributed by atoms with Crippen LogP contribution in [0.15, 0.2) is 11.6 Å². The molecule has 4 heteroatoms. The Labute approximate surface area is 76.1 Å². The van der Waals surface area contributed by atoms with Crippen LogP contribution in [-0.4, -0.2) is 35.5 Å². The minimum Gasteiger partial charge on any atom is -0.456 e. The van der Waals surface area contributed by atoms with E-state index < -0.39 is 12.2 Å². The molecule has 4 nitrogen and oxygen atoms in total. The van der Waals surface area contributed by atoms with Gasteiger partial charge in [0.1, 0.15) is 18.3 Å². The minimum absolute atomic E-state index is 0.0689. The lowest BCUT2D eigenvalue weighted by Gasteiger charge is -2.22. The maximum absolute atomic E-state index is 11.3. The Morgan fingerprint density at radius 2 is 2.00 bits per heavy atom. The van der Waals surface area contributed by atoms with Gasteiger partial charge in [-0.15, -0.1) is 0 Å². The number of cyclic esters (lactones) is 1. The fourth-order valence-corrected chi connectivity index (χ4v) is 1.42. The second-order valence-corrected chi connectivity index (χ2v) is 3.48. The molecule has 2 aliphatic heterocycles. The Balaban J connectivity index is 2.17. The second kappa shape index (κ2) is 2.82. The molecule has 0 bridgehead atoms. The molecule has 0 aromatic carbocycles. The number of hydrogen-bond donors (Lipinski definition) is 1. The van der Waals surface area contributed by atoms with Crippen molar-refractivity contribution in [1.29, 1.82) is 0 Å². The Hall–Kier alpha value is -0.870. The van der Waals surface area contributed by atoms with E-state index in [9.17, 15) is 9.90 Å². The summed E-state index contributed by atoms with van der Waals surface area (Å²) in [6, 6.07) is 0. The van der Waals surface area contributed by atoms with E-state index >= 15 is 0 Å². The molecular formula is C9H12O4. The highest BCUT2D eigenvalue weighted by atomic mass is 16.6. The zero-order valence-electron chi connectivity index (χ0n) is 7.56. The van der Waals surface area contributed by atoms with Gasteiger partial charge in [-0.1, -0.05) is 0 Å². The van der Waals surface area contributed by atoms with Crippen LogP contribution in [0.4, 0.5) is 0 Å². The van der Waals surface area contributed by atoms with Crippen LogP contribution < -0.4 is 0 Å². The van der Waals surface area contributed by atoms with E-state index in [1.54, 1.807) is 6.92 Å². The van der Waals surface area contributed by atoms with Crippen molar-refractivity contribution in [1.82, 2.24) is 0 Å². The molecule has 1 fully saturated rings. The molecule has 1 N–H and O–H groups in total. The van der Waals surface area contributed by atoms with E-state index in [1.165, 1.54) is 6.08 Å². The summed E-state index contributed by atoms with van der Waals surface area (Å²) in [7, 11) is 0. The summed E-state index contributed by atoms with van der Waals surface area (Å²) in [6.07, 6.45) is 0.272. The third-order valence-electron chi connectivity index (χ3n) is 2.38. The van der Waals surface area contributed by atoms with Gasteiger partial charge in [-0.3, -0.25) is 0 Å². The highest BCUT2D eigenvalue weighted by molar-refractivity contribution is 5.91. The van der Waals surface area contributed by atoms with Crippen molar-refractivity contribution in [2.24, 2.45) is 0 Å². The van der Waals surface area contributed by atoms with Gasteiger partial charge in [-0.05, 0) is 19.9 Å². The molecule has 0 radical (unpaired) electrons. The quantitative estimate of drug-likeness (QED) is 0.460. The molecule has 0 aromatic heterocycles. The summed E-state index contributed by atoms with van der Waals surface area (Å²) < 4.78 is 10.1. The molecule has 1 saturated heterocycles. The smallest absolute Gasteiger partial charge is 0.336 e. The molecule has 13 heavy (non-hydrogen) atoms. The highest BCUT2D eigenvalue weighted by Crippen LogP contribution is 2.32. The molecule has 2 rings (SSSR count). The van der Waals surface area contributed by atoms with Crippen molar-refractivity contribution < 1.29 is 19.4 Å². The average molecular weight is 184 g/mol. The first-order valence-electron chi connectivity index (χ1n) is 4.36. The Kier molecular flexibility index (Phi) is 1.89. The number of epoxide rings is 1. The van der Waals surface area contributed by atoms with Crippen molar-refractivity contribution in [3.8, 4) is 0 Å². The molecule has 2 heterocycles. The van der Waals surface area contributed by atoms with Crippen LogP contribution in [-0.2, 0) is 14.3 Å². The normalized spacial score (nSPS) is 43.9. The molecule has 72 valence electrons. The molecule has 0 aliphatic carbocycles. The Morgan fingerprint density at radius 3 is 2.54 bits per heavy atom. The predicted molar refractivity (Wildman–Crippen MR) is 44.0 cm³/mol. The monoisotopic (exact) mass is 184 g/mol. The molecule has 2 aliphatic rings. The molecular weight excluding hydrogens is 172 g/mol. The summed E-state index contributed by atoms with van der Waals surface area (Å²) in [4.78, 5) is 11.3. The van der Waals surface area contributed by atoms with Crippen LogP contribution in [0.1, 0.15) is 13.8 Å². The number of aliphatic hydroxyl groups is 1. The fourth-order valence-electron chi connectivity index (χ4n) is 1.42. The summed E-state index contributed by atoms with van der Waals surface area (Å²) in [5.41, 5.74) is 0.457. The first-order chi connectivity index (χ1) is 6.09. The summed E-state index contributed by atoms with van der Waals surface area (Å²) in [5.74, 6) is -0.368. The average Bonchev–Trinajstić information content (AvgIpc) is 2.75. The third-order valence-corrected chi connectivity index (χ3v) is 2.38. The van der Waals surface area contributed by atoms with E-state index in [0.29, 0.717) is 5.57 Å². The van der Waals surface area contributed by atoms with Crippen molar-refractivity contribution in [3.05, 3.63) is 11.6 Å². The predicted octanol–water partition coefficient (Wildman–Crippen LogP) is 0.00630. The summed E-state index contributed by atoms with van der Waals surface area (Å²) in [5, 5.41) is 9.42. The fraction of sp³-hybridized carbons (Fsp3) is 0.667. The summed E-state index contributed by atoms with van der Waals surface area (Å²) in [6.45, 7) is 3.54. The Bertz CT molecular complexity index is 271. The first kappa shape index (κ1) is 8.72. The van der Waals surface area contributed by atoms with Gasteiger partial charge in [-0.2, -0.15) is 0 Å². The molecule has 0 unspecified atom stereocenters. The Morgan fingerprint density at radius 1 is 1.38 bits per heavy atom. The van der Waals surface area contributed by atoms with Crippen molar-refractivity contribution in [3.63, 3.8) is 0 Å².